The molecule has 0 bridgehead atoms. The standard InChI is InChI=1S/C7H9NO2/c1-5-4-6(7(9)10)2-3-8-5/h2-3,5H,4H2,1H3,(H,9,10). The lowest BCUT2D eigenvalue weighted by Crippen LogP contribution is -2.11. The molecule has 0 amide bonds. The largest absolute Gasteiger partial charge is 0.478 e. The van der Waals surface area contributed by atoms with Crippen molar-refractivity contribution in [1.82, 2.24) is 0 Å². The van der Waals surface area contributed by atoms with Gasteiger partial charge in [-0.3, -0.25) is 4.99 Å². The van der Waals surface area contributed by atoms with Crippen LogP contribution in [-0.4, -0.2) is 23.3 Å². The SMILES string of the molecule is CC1CC(C(=O)O)=CC=N1. The Morgan fingerprint density at radius 1 is 1.90 bits per heavy atom. The predicted octanol–water partition coefficient (Wildman–Crippen LogP) is 0.860. The molecule has 1 aliphatic heterocycles. The van der Waals surface area contributed by atoms with Crippen molar-refractivity contribution in [1.29, 1.82) is 0 Å². The normalized spacial score (nSPS) is 24.1. The number of rotatable bonds is 1. The highest BCUT2D eigenvalue weighted by molar-refractivity contribution is 5.93. The van der Waals surface area contributed by atoms with E-state index in [-0.39, 0.29) is 6.04 Å². The third-order valence-corrected chi connectivity index (χ3v) is 1.41. The second-order valence-corrected chi connectivity index (χ2v) is 2.35. The molecule has 3 heteroatoms. The molecule has 10 heavy (non-hydrogen) atoms. The molecule has 1 aliphatic rings. The van der Waals surface area contributed by atoms with Gasteiger partial charge in [-0.15, -0.1) is 0 Å². The Balaban J connectivity index is 2.71. The van der Waals surface area contributed by atoms with Crippen molar-refractivity contribution in [2.45, 2.75) is 19.4 Å². The molecule has 0 aromatic rings. The number of aliphatic imine (C=N–C) groups is 1. The Kier molecular flexibility index (Phi) is 1.85. The van der Waals surface area contributed by atoms with E-state index in [9.17, 15) is 4.79 Å². The first-order valence-electron chi connectivity index (χ1n) is 3.16. The highest BCUT2D eigenvalue weighted by Crippen LogP contribution is 2.11. The summed E-state index contributed by atoms with van der Waals surface area (Å²) in [5.74, 6) is -0.835. The molecular weight excluding hydrogens is 130 g/mol. The van der Waals surface area contributed by atoms with Crippen molar-refractivity contribution < 1.29 is 9.90 Å². The number of aliphatic carboxylic acids is 1. The number of hydrogen-bond acceptors (Lipinski definition) is 2. The zero-order valence-corrected chi connectivity index (χ0v) is 5.74. The van der Waals surface area contributed by atoms with Gasteiger partial charge in [-0.1, -0.05) is 0 Å². The molecule has 1 atom stereocenters. The van der Waals surface area contributed by atoms with E-state index in [1.54, 1.807) is 12.3 Å². The molecule has 0 aromatic carbocycles. The summed E-state index contributed by atoms with van der Waals surface area (Å²) in [5, 5.41) is 8.53. The van der Waals surface area contributed by atoms with Crippen molar-refractivity contribution >= 4 is 12.2 Å². The molecule has 1 rings (SSSR count). The summed E-state index contributed by atoms with van der Waals surface area (Å²) in [6, 6.07) is 0.121. The third-order valence-electron chi connectivity index (χ3n) is 1.41. The van der Waals surface area contributed by atoms with Crippen LogP contribution in [0.4, 0.5) is 0 Å². The van der Waals surface area contributed by atoms with Crippen molar-refractivity contribution in [3.8, 4) is 0 Å². The summed E-state index contributed by atoms with van der Waals surface area (Å²) in [5.41, 5.74) is 0.447. The van der Waals surface area contributed by atoms with Crippen molar-refractivity contribution in [2.75, 3.05) is 0 Å². The van der Waals surface area contributed by atoms with Crippen LogP contribution in [0.25, 0.3) is 0 Å². The monoisotopic (exact) mass is 139 g/mol. The minimum absolute atomic E-state index is 0.121. The van der Waals surface area contributed by atoms with E-state index in [4.69, 9.17) is 5.11 Å². The number of hydrogen-bond donors (Lipinski definition) is 1. The van der Waals surface area contributed by atoms with Gasteiger partial charge >= 0.3 is 5.97 Å². The van der Waals surface area contributed by atoms with Gasteiger partial charge in [0.1, 0.15) is 0 Å². The molecule has 0 saturated carbocycles. The van der Waals surface area contributed by atoms with Crippen LogP contribution in [0.3, 0.4) is 0 Å². The average molecular weight is 139 g/mol. The van der Waals surface area contributed by atoms with E-state index >= 15 is 0 Å². The Hall–Kier alpha value is -1.12. The molecule has 0 fully saturated rings. The zero-order chi connectivity index (χ0) is 7.56. The van der Waals surface area contributed by atoms with Crippen LogP contribution in [0.1, 0.15) is 13.3 Å². The van der Waals surface area contributed by atoms with Crippen molar-refractivity contribution in [3.63, 3.8) is 0 Å². The van der Waals surface area contributed by atoms with Gasteiger partial charge < -0.3 is 5.11 Å². The van der Waals surface area contributed by atoms with Gasteiger partial charge in [-0.25, -0.2) is 4.79 Å². The van der Waals surface area contributed by atoms with E-state index in [0.717, 1.165) is 0 Å². The van der Waals surface area contributed by atoms with Crippen molar-refractivity contribution in [2.24, 2.45) is 4.99 Å². The second kappa shape index (κ2) is 2.64. The van der Waals surface area contributed by atoms with Gasteiger partial charge in [0.05, 0.1) is 6.04 Å². The third kappa shape index (κ3) is 1.43. The molecule has 1 heterocycles. The van der Waals surface area contributed by atoms with E-state index in [0.29, 0.717) is 12.0 Å². The molecule has 0 spiro atoms. The quantitative estimate of drug-likeness (QED) is 0.585. The van der Waals surface area contributed by atoms with Crippen molar-refractivity contribution in [3.05, 3.63) is 11.6 Å². The fourth-order valence-electron chi connectivity index (χ4n) is 0.878. The Morgan fingerprint density at radius 2 is 2.60 bits per heavy atom. The van der Waals surface area contributed by atoms with Gasteiger partial charge in [-0.05, 0) is 13.0 Å². The molecular formula is C7H9NO2. The Morgan fingerprint density at radius 3 is 3.00 bits per heavy atom. The molecule has 54 valence electrons. The molecule has 0 radical (unpaired) electrons. The highest BCUT2D eigenvalue weighted by atomic mass is 16.4. The number of dihydropyridines is 1. The molecule has 1 N–H and O–H groups in total. The van der Waals surface area contributed by atoms with Gasteiger partial charge in [0, 0.05) is 18.2 Å². The summed E-state index contributed by atoms with van der Waals surface area (Å²) in [7, 11) is 0. The fraction of sp³-hybridized carbons (Fsp3) is 0.429. The van der Waals surface area contributed by atoms with Crippen LogP contribution >= 0.6 is 0 Å². The average Bonchev–Trinajstić information content (AvgIpc) is 1.88. The minimum Gasteiger partial charge on any atom is -0.478 e. The maximum atomic E-state index is 10.4. The number of carboxylic acids is 1. The number of carboxylic acid groups (broad SMARTS) is 1. The van der Waals surface area contributed by atoms with E-state index < -0.39 is 5.97 Å². The topological polar surface area (TPSA) is 49.7 Å². The Bertz CT molecular complexity index is 206. The van der Waals surface area contributed by atoms with Crippen LogP contribution < -0.4 is 0 Å². The fourth-order valence-corrected chi connectivity index (χ4v) is 0.878. The van der Waals surface area contributed by atoms with Gasteiger partial charge in [0.2, 0.25) is 0 Å². The lowest BCUT2D eigenvalue weighted by Gasteiger charge is -2.09. The number of carbonyl (C=O) groups is 1. The number of nitrogens with zero attached hydrogens (tertiary/aromatic N) is 1. The van der Waals surface area contributed by atoms with E-state index in [1.165, 1.54) is 0 Å². The molecule has 0 aromatic heterocycles. The predicted molar refractivity (Wildman–Crippen MR) is 38.3 cm³/mol. The Labute approximate surface area is 59.1 Å². The summed E-state index contributed by atoms with van der Waals surface area (Å²) in [4.78, 5) is 14.4. The summed E-state index contributed by atoms with van der Waals surface area (Å²) < 4.78 is 0. The highest BCUT2D eigenvalue weighted by Gasteiger charge is 2.12. The van der Waals surface area contributed by atoms with Crippen LogP contribution in [0, 0.1) is 0 Å². The zero-order valence-electron chi connectivity index (χ0n) is 5.74. The van der Waals surface area contributed by atoms with E-state index in [2.05, 4.69) is 4.99 Å². The summed E-state index contributed by atoms with van der Waals surface area (Å²) >= 11 is 0. The number of allylic oxidation sites excluding steroid dienone is 1. The van der Waals surface area contributed by atoms with Crippen LogP contribution in [0.15, 0.2) is 16.6 Å². The molecule has 0 aliphatic carbocycles. The van der Waals surface area contributed by atoms with Crippen LogP contribution in [0.5, 0.6) is 0 Å². The van der Waals surface area contributed by atoms with E-state index in [1.807, 2.05) is 6.92 Å². The smallest absolute Gasteiger partial charge is 0.331 e. The van der Waals surface area contributed by atoms with Gasteiger partial charge in [0.25, 0.3) is 0 Å². The maximum Gasteiger partial charge on any atom is 0.331 e. The molecule has 1 unspecified atom stereocenters. The first kappa shape index (κ1) is 6.99. The summed E-state index contributed by atoms with van der Waals surface area (Å²) in [6.07, 6.45) is 3.64. The maximum absolute atomic E-state index is 10.4. The van der Waals surface area contributed by atoms with Gasteiger partial charge in [0.15, 0.2) is 0 Å². The first-order chi connectivity index (χ1) is 4.70. The molecule has 0 saturated heterocycles. The van der Waals surface area contributed by atoms with Gasteiger partial charge in [-0.2, -0.15) is 0 Å². The first-order valence-corrected chi connectivity index (χ1v) is 3.16. The summed E-state index contributed by atoms with van der Waals surface area (Å²) in [6.45, 7) is 1.90. The van der Waals surface area contributed by atoms with Crippen LogP contribution in [0.2, 0.25) is 0 Å². The second-order valence-electron chi connectivity index (χ2n) is 2.35. The lowest BCUT2D eigenvalue weighted by molar-refractivity contribution is -0.132. The lowest BCUT2D eigenvalue weighted by atomic mass is 10.1. The minimum atomic E-state index is -0.835. The molecule has 3 nitrogen and oxygen atoms in total. The van der Waals surface area contributed by atoms with Crippen LogP contribution in [-0.2, 0) is 4.79 Å².